The highest BCUT2D eigenvalue weighted by Crippen LogP contribution is 2.35. The van der Waals surface area contributed by atoms with Gasteiger partial charge in [-0.1, -0.05) is 69.2 Å². The molecule has 0 saturated heterocycles. The lowest BCUT2D eigenvalue weighted by Crippen LogP contribution is -2.37. The Balaban J connectivity index is 1.53. The topological polar surface area (TPSA) is 79.7 Å². The molecule has 194 valence electrons. The van der Waals surface area contributed by atoms with Crippen molar-refractivity contribution in [2.24, 2.45) is 5.92 Å². The molecule has 1 fully saturated rings. The van der Waals surface area contributed by atoms with E-state index in [0.717, 1.165) is 53.7 Å². The molecule has 4 aromatic rings. The van der Waals surface area contributed by atoms with Crippen molar-refractivity contribution in [1.82, 2.24) is 30.1 Å². The van der Waals surface area contributed by atoms with E-state index < -0.39 is 0 Å². The highest BCUT2D eigenvalue weighted by atomic mass is 16.1. The quantitative estimate of drug-likeness (QED) is 0.321. The zero-order valence-electron chi connectivity index (χ0n) is 22.4. The van der Waals surface area contributed by atoms with Crippen LogP contribution in [0.1, 0.15) is 79.7 Å². The first-order valence-corrected chi connectivity index (χ1v) is 13.6. The number of para-hydroxylation sites is 1. The molecule has 0 amide bonds. The third kappa shape index (κ3) is 5.37. The maximum absolute atomic E-state index is 13.3. The van der Waals surface area contributed by atoms with Crippen molar-refractivity contribution in [2.45, 2.75) is 78.4 Å². The minimum absolute atomic E-state index is 0.00720. The normalized spacial score (nSPS) is 15.3. The first-order valence-electron chi connectivity index (χ1n) is 13.6. The van der Waals surface area contributed by atoms with E-state index >= 15 is 0 Å². The Labute approximate surface area is 218 Å². The van der Waals surface area contributed by atoms with Gasteiger partial charge in [0.05, 0.1) is 17.6 Å². The van der Waals surface area contributed by atoms with Crippen LogP contribution in [0.15, 0.2) is 53.3 Å². The van der Waals surface area contributed by atoms with Gasteiger partial charge in [0.2, 0.25) is 0 Å². The number of H-pyrrole nitrogens is 1. The first kappa shape index (κ1) is 25.3. The second kappa shape index (κ2) is 11.0. The van der Waals surface area contributed by atoms with Gasteiger partial charge in [0.15, 0.2) is 5.82 Å². The number of aromatic amines is 1. The predicted octanol–water partition coefficient (Wildman–Crippen LogP) is 5.69. The maximum Gasteiger partial charge on any atom is 0.252 e. The Morgan fingerprint density at radius 3 is 2.54 bits per heavy atom. The molecule has 1 aliphatic carbocycles. The zero-order chi connectivity index (χ0) is 25.9. The highest BCUT2D eigenvalue weighted by Gasteiger charge is 2.32. The van der Waals surface area contributed by atoms with Crippen molar-refractivity contribution < 1.29 is 0 Å². The molecule has 5 rings (SSSR count). The van der Waals surface area contributed by atoms with Crippen molar-refractivity contribution in [2.75, 3.05) is 6.54 Å². The number of rotatable bonds is 9. The van der Waals surface area contributed by atoms with Crippen molar-refractivity contribution in [3.63, 3.8) is 0 Å². The number of pyridine rings is 1. The van der Waals surface area contributed by atoms with Crippen LogP contribution in [0.5, 0.6) is 0 Å². The van der Waals surface area contributed by atoms with Gasteiger partial charge in [-0.2, -0.15) is 0 Å². The summed E-state index contributed by atoms with van der Waals surface area (Å²) in [4.78, 5) is 18.8. The molecule has 2 aromatic carbocycles. The largest absolute Gasteiger partial charge is 0.321 e. The van der Waals surface area contributed by atoms with Crippen molar-refractivity contribution >= 4 is 10.9 Å². The van der Waals surface area contributed by atoms with Crippen LogP contribution in [-0.2, 0) is 13.0 Å². The molecule has 1 N–H and O–H groups in total. The Morgan fingerprint density at radius 2 is 1.78 bits per heavy atom. The predicted molar refractivity (Wildman–Crippen MR) is 147 cm³/mol. The molecule has 1 unspecified atom stereocenters. The number of hydrogen-bond donors (Lipinski definition) is 1. The lowest BCUT2D eigenvalue weighted by molar-refractivity contribution is 0.133. The third-order valence-corrected chi connectivity index (χ3v) is 7.95. The SMILES string of the molecule is Cc1ccccc1CCN(Cc1cc2cccc(C)c2[nH]c1=O)C(c1nnnn1C1CCCC1)C(C)C. The second-order valence-corrected chi connectivity index (χ2v) is 10.9. The molecule has 2 aromatic heterocycles. The summed E-state index contributed by atoms with van der Waals surface area (Å²) in [5.74, 6) is 1.18. The molecular formula is C30H38N6O. The number of benzene rings is 2. The minimum atomic E-state index is -0.0272. The summed E-state index contributed by atoms with van der Waals surface area (Å²) in [5, 5.41) is 14.2. The van der Waals surface area contributed by atoms with E-state index in [4.69, 9.17) is 0 Å². The smallest absolute Gasteiger partial charge is 0.252 e. The molecule has 7 heteroatoms. The summed E-state index contributed by atoms with van der Waals surface area (Å²) < 4.78 is 2.08. The zero-order valence-corrected chi connectivity index (χ0v) is 22.4. The molecule has 0 bridgehead atoms. The lowest BCUT2D eigenvalue weighted by Gasteiger charge is -2.34. The Bertz CT molecular complexity index is 1420. The number of nitrogens with zero attached hydrogens (tertiary/aromatic N) is 5. The lowest BCUT2D eigenvalue weighted by atomic mass is 9.98. The van der Waals surface area contributed by atoms with E-state index in [-0.39, 0.29) is 17.5 Å². The van der Waals surface area contributed by atoms with Gasteiger partial charge < -0.3 is 4.98 Å². The van der Waals surface area contributed by atoms with E-state index in [9.17, 15) is 4.79 Å². The maximum atomic E-state index is 13.3. The Kier molecular flexibility index (Phi) is 7.51. The standard InChI is InChI=1S/C30H38N6O/c1-20(2)28(29-32-33-34-36(29)26-14-7-8-15-26)35(17-16-23-12-6-5-10-21(23)3)19-25-18-24-13-9-11-22(4)27(24)31-30(25)37/h5-6,9-13,18,20,26,28H,7-8,14-17,19H2,1-4H3,(H,31,37). The number of fused-ring (bicyclic) bond motifs is 1. The Hall–Kier alpha value is -3.32. The fourth-order valence-corrected chi connectivity index (χ4v) is 5.92. The summed E-state index contributed by atoms with van der Waals surface area (Å²) in [6.07, 6.45) is 5.58. The van der Waals surface area contributed by atoms with E-state index in [0.29, 0.717) is 12.6 Å². The van der Waals surface area contributed by atoms with Crippen LogP contribution in [-0.4, -0.2) is 36.6 Å². The van der Waals surface area contributed by atoms with E-state index in [2.05, 4.69) is 87.3 Å². The number of tetrazole rings is 1. The van der Waals surface area contributed by atoms with Gasteiger partial charge >= 0.3 is 0 Å². The van der Waals surface area contributed by atoms with Gasteiger partial charge in [-0.25, -0.2) is 4.68 Å². The van der Waals surface area contributed by atoms with Gasteiger partial charge in [0.1, 0.15) is 0 Å². The average molecular weight is 499 g/mol. The van der Waals surface area contributed by atoms with Gasteiger partial charge in [0.25, 0.3) is 5.56 Å². The summed E-state index contributed by atoms with van der Waals surface area (Å²) >= 11 is 0. The highest BCUT2D eigenvalue weighted by molar-refractivity contribution is 5.81. The molecule has 0 spiro atoms. The van der Waals surface area contributed by atoms with Gasteiger partial charge in [-0.05, 0) is 77.6 Å². The third-order valence-electron chi connectivity index (χ3n) is 7.95. The molecule has 0 radical (unpaired) electrons. The van der Waals surface area contributed by atoms with Crippen LogP contribution >= 0.6 is 0 Å². The molecule has 37 heavy (non-hydrogen) atoms. The van der Waals surface area contributed by atoms with Crippen LogP contribution in [0.3, 0.4) is 0 Å². The van der Waals surface area contributed by atoms with E-state index in [1.54, 1.807) is 0 Å². The van der Waals surface area contributed by atoms with Crippen LogP contribution in [0.25, 0.3) is 10.9 Å². The minimum Gasteiger partial charge on any atom is -0.321 e. The fourth-order valence-electron chi connectivity index (χ4n) is 5.92. The van der Waals surface area contributed by atoms with Gasteiger partial charge in [-0.3, -0.25) is 9.69 Å². The second-order valence-electron chi connectivity index (χ2n) is 10.9. The molecule has 7 nitrogen and oxygen atoms in total. The molecule has 2 heterocycles. The summed E-state index contributed by atoms with van der Waals surface area (Å²) in [6, 6.07) is 17.1. The van der Waals surface area contributed by atoms with Gasteiger partial charge in [0, 0.05) is 18.7 Å². The summed E-state index contributed by atoms with van der Waals surface area (Å²) in [6.45, 7) is 9.99. The van der Waals surface area contributed by atoms with Crippen molar-refractivity contribution in [1.29, 1.82) is 0 Å². The number of aromatic nitrogens is 5. The monoisotopic (exact) mass is 498 g/mol. The molecule has 1 aliphatic rings. The Morgan fingerprint density at radius 1 is 1.03 bits per heavy atom. The van der Waals surface area contributed by atoms with Crippen LogP contribution < -0.4 is 5.56 Å². The molecule has 1 atom stereocenters. The first-order chi connectivity index (χ1) is 17.9. The molecule has 1 saturated carbocycles. The van der Waals surface area contributed by atoms with Crippen molar-refractivity contribution in [3.05, 3.63) is 87.0 Å². The van der Waals surface area contributed by atoms with Crippen LogP contribution in [0, 0.1) is 19.8 Å². The number of aryl methyl sites for hydroxylation is 2. The summed E-state index contributed by atoms with van der Waals surface area (Å²) in [5.41, 5.74) is 5.35. The van der Waals surface area contributed by atoms with Crippen LogP contribution in [0.2, 0.25) is 0 Å². The van der Waals surface area contributed by atoms with Crippen LogP contribution in [0.4, 0.5) is 0 Å². The fraction of sp³-hybridized carbons (Fsp3) is 0.467. The molecular weight excluding hydrogens is 460 g/mol. The van der Waals surface area contributed by atoms with E-state index in [1.165, 1.54) is 24.0 Å². The van der Waals surface area contributed by atoms with Crippen molar-refractivity contribution in [3.8, 4) is 0 Å². The average Bonchev–Trinajstić information content (AvgIpc) is 3.57. The van der Waals surface area contributed by atoms with Gasteiger partial charge in [-0.15, -0.1) is 5.10 Å². The van der Waals surface area contributed by atoms with E-state index in [1.807, 2.05) is 19.1 Å². The molecule has 0 aliphatic heterocycles. The number of hydrogen-bond acceptors (Lipinski definition) is 5. The number of nitrogens with one attached hydrogen (secondary N) is 1. The summed E-state index contributed by atoms with van der Waals surface area (Å²) in [7, 11) is 0.